The van der Waals surface area contributed by atoms with Gasteiger partial charge >= 0.3 is 0 Å². The molecule has 0 bridgehead atoms. The molecular weight excluding hydrogens is 228 g/mol. The van der Waals surface area contributed by atoms with Crippen LogP contribution in [0.2, 0.25) is 0 Å². The maximum atomic E-state index is 11.5. The van der Waals surface area contributed by atoms with Crippen LogP contribution < -0.4 is 16.8 Å². The van der Waals surface area contributed by atoms with Crippen molar-refractivity contribution < 1.29 is 4.79 Å². The molecule has 1 heterocycles. The van der Waals surface area contributed by atoms with Gasteiger partial charge in [0.1, 0.15) is 5.82 Å². The predicted octanol–water partition coefficient (Wildman–Crippen LogP) is 0.947. The monoisotopic (exact) mass is 248 g/mol. The maximum absolute atomic E-state index is 11.5. The summed E-state index contributed by atoms with van der Waals surface area (Å²) in [7, 11) is 0. The molecule has 1 atom stereocenters. The fraction of sp³-hybridized carbons (Fsp3) is 0.538. The van der Waals surface area contributed by atoms with Crippen molar-refractivity contribution >= 4 is 11.7 Å². The molecule has 5 nitrogen and oxygen atoms in total. The Morgan fingerprint density at radius 3 is 2.72 bits per heavy atom. The molecule has 0 saturated heterocycles. The van der Waals surface area contributed by atoms with Crippen molar-refractivity contribution in [1.82, 2.24) is 4.98 Å². The van der Waals surface area contributed by atoms with Crippen LogP contribution >= 0.6 is 0 Å². The summed E-state index contributed by atoms with van der Waals surface area (Å²) in [5, 5.41) is 3.29. The predicted molar refractivity (Wildman–Crippen MR) is 71.4 cm³/mol. The van der Waals surface area contributed by atoms with Crippen molar-refractivity contribution in [3.05, 3.63) is 22.9 Å². The summed E-state index contributed by atoms with van der Waals surface area (Å²) in [5.74, 6) is 0.717. The van der Waals surface area contributed by atoms with E-state index in [2.05, 4.69) is 10.3 Å². The first-order valence-electron chi connectivity index (χ1n) is 6.27. The fourth-order valence-corrected chi connectivity index (χ4v) is 2.30. The van der Waals surface area contributed by atoms with Gasteiger partial charge in [0.05, 0.1) is 5.56 Å². The van der Waals surface area contributed by atoms with Crippen molar-refractivity contribution in [2.24, 2.45) is 17.4 Å². The number of carbonyl (C=O) groups is 1. The molecule has 1 aromatic heterocycles. The van der Waals surface area contributed by atoms with Gasteiger partial charge in [-0.25, -0.2) is 4.98 Å². The van der Waals surface area contributed by atoms with Gasteiger partial charge in [0.2, 0.25) is 0 Å². The molecule has 0 radical (unpaired) electrons. The highest BCUT2D eigenvalue weighted by atomic mass is 16.1. The molecule has 1 unspecified atom stereocenters. The van der Waals surface area contributed by atoms with Gasteiger partial charge in [-0.2, -0.15) is 0 Å². The Bertz CT molecular complexity index is 468. The van der Waals surface area contributed by atoms with Gasteiger partial charge in [-0.1, -0.05) is 0 Å². The number of aryl methyl sites for hydroxylation is 2. The lowest BCUT2D eigenvalue weighted by atomic mass is 10.1. The van der Waals surface area contributed by atoms with Crippen LogP contribution in [0, 0.1) is 19.8 Å². The smallest absolute Gasteiger partial charge is 0.252 e. The number of pyridine rings is 1. The summed E-state index contributed by atoms with van der Waals surface area (Å²) in [5.41, 5.74) is 13.4. The summed E-state index contributed by atoms with van der Waals surface area (Å²) in [4.78, 5) is 15.9. The lowest BCUT2D eigenvalue weighted by molar-refractivity contribution is 0.1000. The van der Waals surface area contributed by atoms with Crippen LogP contribution in [-0.4, -0.2) is 23.5 Å². The highest BCUT2D eigenvalue weighted by Gasteiger charge is 2.31. The summed E-state index contributed by atoms with van der Waals surface area (Å²) >= 11 is 0. The molecule has 1 aliphatic rings. The molecule has 1 aliphatic carbocycles. The number of nitrogens with one attached hydrogen (secondary N) is 1. The van der Waals surface area contributed by atoms with E-state index in [0.717, 1.165) is 11.3 Å². The van der Waals surface area contributed by atoms with Crippen molar-refractivity contribution in [3.63, 3.8) is 0 Å². The number of nitrogens with two attached hydrogens (primary N) is 2. The van der Waals surface area contributed by atoms with E-state index in [-0.39, 0.29) is 6.04 Å². The summed E-state index contributed by atoms with van der Waals surface area (Å²) in [6.45, 7) is 4.31. The number of carbonyl (C=O) groups excluding carboxylic acids is 1. The molecule has 5 heteroatoms. The average Bonchev–Trinajstić information content (AvgIpc) is 3.07. The van der Waals surface area contributed by atoms with E-state index in [9.17, 15) is 4.79 Å². The van der Waals surface area contributed by atoms with E-state index < -0.39 is 5.91 Å². The van der Waals surface area contributed by atoms with Gasteiger partial charge in [-0.05, 0) is 44.2 Å². The molecule has 1 amide bonds. The zero-order valence-electron chi connectivity index (χ0n) is 10.9. The van der Waals surface area contributed by atoms with Crippen LogP contribution in [0.3, 0.4) is 0 Å². The van der Waals surface area contributed by atoms with Gasteiger partial charge < -0.3 is 16.8 Å². The summed E-state index contributed by atoms with van der Waals surface area (Å²) in [6.07, 6.45) is 2.37. The second-order valence-corrected chi connectivity index (χ2v) is 4.99. The number of hydrogen-bond acceptors (Lipinski definition) is 4. The number of aromatic nitrogens is 1. The first-order valence-corrected chi connectivity index (χ1v) is 6.27. The molecule has 2 rings (SSSR count). The zero-order valence-corrected chi connectivity index (χ0v) is 10.9. The number of rotatable bonds is 5. The quantitative estimate of drug-likeness (QED) is 0.723. The van der Waals surface area contributed by atoms with E-state index in [4.69, 9.17) is 11.5 Å². The van der Waals surface area contributed by atoms with E-state index in [0.29, 0.717) is 23.8 Å². The number of anilines is 1. The summed E-state index contributed by atoms with van der Waals surface area (Å²) < 4.78 is 0. The van der Waals surface area contributed by atoms with E-state index in [1.165, 1.54) is 12.8 Å². The van der Waals surface area contributed by atoms with Gasteiger partial charge in [0.25, 0.3) is 5.91 Å². The maximum Gasteiger partial charge on any atom is 0.252 e. The molecule has 0 aromatic carbocycles. The standard InChI is InChI=1S/C13H20N4O/c1-7-5-8(2)16-13(11(7)12(15)18)17-10(6-14)9-3-4-9/h5,9-10H,3-4,6,14H2,1-2H3,(H2,15,18)(H,16,17). The Morgan fingerprint density at radius 1 is 1.56 bits per heavy atom. The minimum Gasteiger partial charge on any atom is -0.365 e. The number of amides is 1. The molecule has 1 fully saturated rings. The largest absolute Gasteiger partial charge is 0.365 e. The Labute approximate surface area is 107 Å². The Hall–Kier alpha value is -1.62. The van der Waals surface area contributed by atoms with Gasteiger partial charge in [0.15, 0.2) is 0 Å². The van der Waals surface area contributed by atoms with Crippen LogP contribution in [0.1, 0.15) is 34.5 Å². The number of primary amides is 1. The highest BCUT2D eigenvalue weighted by Crippen LogP contribution is 2.34. The average molecular weight is 248 g/mol. The van der Waals surface area contributed by atoms with Crippen LogP contribution in [-0.2, 0) is 0 Å². The van der Waals surface area contributed by atoms with Crippen molar-refractivity contribution in [2.45, 2.75) is 32.7 Å². The third-order valence-electron chi connectivity index (χ3n) is 3.36. The third kappa shape index (κ3) is 2.61. The summed E-state index contributed by atoms with van der Waals surface area (Å²) in [6, 6.07) is 2.04. The molecule has 98 valence electrons. The van der Waals surface area contributed by atoms with E-state index >= 15 is 0 Å². The lowest BCUT2D eigenvalue weighted by Crippen LogP contribution is -2.32. The van der Waals surface area contributed by atoms with Crippen molar-refractivity contribution in [3.8, 4) is 0 Å². The van der Waals surface area contributed by atoms with Crippen molar-refractivity contribution in [2.75, 3.05) is 11.9 Å². The van der Waals surface area contributed by atoms with Gasteiger partial charge in [-0.3, -0.25) is 4.79 Å². The number of hydrogen-bond donors (Lipinski definition) is 3. The molecule has 0 spiro atoms. The van der Waals surface area contributed by atoms with Gasteiger partial charge in [-0.15, -0.1) is 0 Å². The molecule has 1 aromatic rings. The molecule has 0 aliphatic heterocycles. The molecular formula is C13H20N4O. The molecule has 5 N–H and O–H groups in total. The van der Waals surface area contributed by atoms with E-state index in [1.54, 1.807) is 0 Å². The van der Waals surface area contributed by atoms with Crippen molar-refractivity contribution in [1.29, 1.82) is 0 Å². The van der Waals surface area contributed by atoms with Crippen LogP contribution in [0.25, 0.3) is 0 Å². The second kappa shape index (κ2) is 4.94. The highest BCUT2D eigenvalue weighted by molar-refractivity contribution is 5.99. The molecule has 18 heavy (non-hydrogen) atoms. The Balaban J connectivity index is 2.32. The Morgan fingerprint density at radius 2 is 2.22 bits per heavy atom. The second-order valence-electron chi connectivity index (χ2n) is 4.99. The Kier molecular flexibility index (Phi) is 3.52. The van der Waals surface area contributed by atoms with Crippen LogP contribution in [0.4, 0.5) is 5.82 Å². The minimum atomic E-state index is -0.450. The lowest BCUT2D eigenvalue weighted by Gasteiger charge is -2.19. The van der Waals surface area contributed by atoms with Crippen LogP contribution in [0.15, 0.2) is 6.07 Å². The van der Waals surface area contributed by atoms with Gasteiger partial charge in [0, 0.05) is 18.3 Å². The molecule has 1 saturated carbocycles. The zero-order chi connectivity index (χ0) is 13.3. The van der Waals surface area contributed by atoms with Crippen LogP contribution in [0.5, 0.6) is 0 Å². The SMILES string of the molecule is Cc1cc(C)c(C(N)=O)c(NC(CN)C2CC2)n1. The normalized spacial score (nSPS) is 16.4. The topological polar surface area (TPSA) is 94.0 Å². The minimum absolute atomic E-state index is 0.178. The fourth-order valence-electron chi connectivity index (χ4n) is 2.30. The first kappa shape index (κ1) is 12.8. The first-order chi connectivity index (χ1) is 8.52. The third-order valence-corrected chi connectivity index (χ3v) is 3.36. The number of nitrogens with zero attached hydrogens (tertiary/aromatic N) is 1. The van der Waals surface area contributed by atoms with E-state index in [1.807, 2.05) is 19.9 Å².